The number of ether oxygens (including phenoxy) is 1. The van der Waals surface area contributed by atoms with Gasteiger partial charge in [0.1, 0.15) is 18.2 Å². The fraction of sp³-hybridized carbons (Fsp3) is 0.636. The molecule has 1 aliphatic rings. The van der Waals surface area contributed by atoms with E-state index in [9.17, 15) is 18.0 Å². The van der Waals surface area contributed by atoms with Gasteiger partial charge in [-0.1, -0.05) is 52.3 Å². The van der Waals surface area contributed by atoms with Gasteiger partial charge in [-0.15, -0.1) is 0 Å². The summed E-state index contributed by atoms with van der Waals surface area (Å²) in [5.41, 5.74) is 0.882. The first kappa shape index (κ1) is 25.5. The van der Waals surface area contributed by atoms with Crippen molar-refractivity contribution in [3.05, 3.63) is 29.8 Å². The van der Waals surface area contributed by atoms with Crippen molar-refractivity contribution < 1.29 is 27.2 Å². The summed E-state index contributed by atoms with van der Waals surface area (Å²) in [6, 6.07) is 4.87. The van der Waals surface area contributed by atoms with Crippen LogP contribution in [0.2, 0.25) is 18.1 Å². The van der Waals surface area contributed by atoms with E-state index in [0.717, 1.165) is 5.56 Å². The number of benzene rings is 1. The van der Waals surface area contributed by atoms with Gasteiger partial charge in [0, 0.05) is 0 Å². The van der Waals surface area contributed by atoms with Gasteiger partial charge in [-0.05, 0) is 50.0 Å². The lowest BCUT2D eigenvalue weighted by molar-refractivity contribution is -0.130. The monoisotopic (exact) mass is 469 g/mol. The second-order valence-corrected chi connectivity index (χ2v) is 16.6. The number of hydrogen-bond donors (Lipinski definition) is 0. The van der Waals surface area contributed by atoms with Crippen molar-refractivity contribution in [2.24, 2.45) is 5.92 Å². The zero-order chi connectivity index (χ0) is 23.9. The Hall–Kier alpha value is -1.71. The average Bonchev–Trinajstić information content (AvgIpc) is 2.98. The molecule has 174 valence electrons. The van der Waals surface area contributed by atoms with Crippen molar-refractivity contribution in [1.29, 1.82) is 0 Å². The van der Waals surface area contributed by atoms with E-state index in [-0.39, 0.29) is 15.9 Å². The van der Waals surface area contributed by atoms with E-state index in [2.05, 4.69) is 20.8 Å². The predicted molar refractivity (Wildman–Crippen MR) is 122 cm³/mol. The molecule has 1 aromatic carbocycles. The number of sulfonamides is 1. The zero-order valence-corrected chi connectivity index (χ0v) is 21.7. The highest BCUT2D eigenvalue weighted by Gasteiger charge is 2.54. The zero-order valence-electron chi connectivity index (χ0n) is 19.9. The van der Waals surface area contributed by atoms with Gasteiger partial charge < -0.3 is 9.16 Å². The highest BCUT2D eigenvalue weighted by atomic mass is 32.2. The number of nitrogens with zero attached hydrogens (tertiary/aromatic N) is 1. The van der Waals surface area contributed by atoms with Crippen molar-refractivity contribution in [2.75, 3.05) is 0 Å². The van der Waals surface area contributed by atoms with Gasteiger partial charge in [0.05, 0.1) is 4.90 Å². The molecule has 1 saturated heterocycles. The van der Waals surface area contributed by atoms with Crippen molar-refractivity contribution in [1.82, 2.24) is 4.31 Å². The minimum absolute atomic E-state index is 0.0600. The molecule has 1 amide bonds. The number of amides is 1. The standard InChI is InChI=1S/C22H35NO6SSi/c1-14(2)20-18(19(24)16(4)29-31(8,9)22(5,6)7)23(21(25)28-20)30(26,27)17-12-10-15(3)11-13-17/h10-14,16,18,20H,1-9H3/t16-,18+,20-/m0/s1. The molecule has 0 bridgehead atoms. The Morgan fingerprint density at radius 2 is 1.65 bits per heavy atom. The normalized spacial score (nSPS) is 21.4. The molecule has 0 radical (unpaired) electrons. The van der Waals surface area contributed by atoms with E-state index >= 15 is 0 Å². The third-order valence-corrected chi connectivity index (χ3v) is 12.5. The highest BCUT2D eigenvalue weighted by molar-refractivity contribution is 7.89. The second-order valence-electron chi connectivity index (χ2n) is 10.1. The Morgan fingerprint density at radius 3 is 2.10 bits per heavy atom. The first-order chi connectivity index (χ1) is 14.0. The minimum Gasteiger partial charge on any atom is -0.442 e. The van der Waals surface area contributed by atoms with Gasteiger partial charge in [-0.2, -0.15) is 4.31 Å². The fourth-order valence-corrected chi connectivity index (χ4v) is 6.07. The van der Waals surface area contributed by atoms with Gasteiger partial charge >= 0.3 is 6.09 Å². The Bertz CT molecular complexity index is 934. The molecule has 7 nitrogen and oxygen atoms in total. The first-order valence-corrected chi connectivity index (χ1v) is 14.9. The van der Waals surface area contributed by atoms with Crippen LogP contribution < -0.4 is 0 Å². The lowest BCUT2D eigenvalue weighted by Gasteiger charge is -2.39. The van der Waals surface area contributed by atoms with E-state index in [1.54, 1.807) is 32.9 Å². The predicted octanol–water partition coefficient (Wildman–Crippen LogP) is 4.51. The van der Waals surface area contributed by atoms with Crippen LogP contribution in [0.3, 0.4) is 0 Å². The van der Waals surface area contributed by atoms with Gasteiger partial charge in [0.2, 0.25) is 0 Å². The van der Waals surface area contributed by atoms with E-state index in [0.29, 0.717) is 4.31 Å². The maximum Gasteiger partial charge on any atom is 0.425 e. The molecule has 0 saturated carbocycles. The number of aryl methyl sites for hydroxylation is 1. The lowest BCUT2D eigenvalue weighted by Crippen LogP contribution is -2.53. The molecule has 1 fully saturated rings. The maximum atomic E-state index is 13.5. The van der Waals surface area contributed by atoms with Crippen LogP contribution >= 0.6 is 0 Å². The van der Waals surface area contributed by atoms with Crippen LogP contribution in [-0.4, -0.2) is 51.2 Å². The number of Topliss-reactive ketones (excluding diaryl/α,β-unsaturated/α-hetero) is 1. The van der Waals surface area contributed by atoms with Crippen molar-refractivity contribution in [3.8, 4) is 0 Å². The van der Waals surface area contributed by atoms with Crippen LogP contribution in [0, 0.1) is 12.8 Å². The third-order valence-electron chi connectivity index (χ3n) is 6.19. The second kappa shape index (κ2) is 8.67. The smallest absolute Gasteiger partial charge is 0.425 e. The fourth-order valence-electron chi connectivity index (χ4n) is 3.25. The van der Waals surface area contributed by atoms with Crippen LogP contribution in [0.5, 0.6) is 0 Å². The van der Waals surface area contributed by atoms with E-state index in [4.69, 9.17) is 9.16 Å². The molecule has 3 atom stereocenters. The van der Waals surface area contributed by atoms with Gasteiger partial charge in [-0.25, -0.2) is 13.2 Å². The maximum absolute atomic E-state index is 13.5. The van der Waals surface area contributed by atoms with Gasteiger partial charge in [-0.3, -0.25) is 4.79 Å². The summed E-state index contributed by atoms with van der Waals surface area (Å²) in [6.45, 7) is 17.3. The van der Waals surface area contributed by atoms with Crippen LogP contribution in [0.1, 0.15) is 47.1 Å². The number of cyclic esters (lactones) is 1. The average molecular weight is 470 g/mol. The number of carbonyl (C=O) groups excluding carboxylic acids is 2. The summed E-state index contributed by atoms with van der Waals surface area (Å²) in [5.74, 6) is -0.721. The minimum atomic E-state index is -4.28. The van der Waals surface area contributed by atoms with Crippen LogP contribution in [-0.2, 0) is 24.0 Å². The molecule has 0 spiro atoms. The van der Waals surface area contributed by atoms with Crippen molar-refractivity contribution in [3.63, 3.8) is 0 Å². The third kappa shape index (κ3) is 5.04. The molecular weight excluding hydrogens is 434 g/mol. The summed E-state index contributed by atoms with van der Waals surface area (Å²) in [4.78, 5) is 26.2. The summed E-state index contributed by atoms with van der Waals surface area (Å²) < 4.78 is 38.9. The van der Waals surface area contributed by atoms with Crippen molar-refractivity contribution >= 4 is 30.2 Å². The molecule has 31 heavy (non-hydrogen) atoms. The molecule has 0 unspecified atom stereocenters. The molecule has 0 aromatic heterocycles. The largest absolute Gasteiger partial charge is 0.442 e. The van der Waals surface area contributed by atoms with Gasteiger partial charge in [0.15, 0.2) is 14.1 Å². The molecule has 9 heteroatoms. The van der Waals surface area contributed by atoms with Crippen molar-refractivity contribution in [2.45, 2.75) is 89.7 Å². The molecule has 1 aromatic rings. The molecule has 0 aliphatic carbocycles. The quantitative estimate of drug-likeness (QED) is 0.546. The SMILES string of the molecule is Cc1ccc(S(=O)(=O)N2C(=O)O[C@@H](C(C)C)[C@H]2C(=O)[C@H](C)O[Si](C)(C)C(C)(C)C)cc1. The van der Waals surface area contributed by atoms with E-state index in [1.165, 1.54) is 12.1 Å². The summed E-state index contributed by atoms with van der Waals surface area (Å²) >= 11 is 0. The van der Waals surface area contributed by atoms with E-state index in [1.807, 2.05) is 20.0 Å². The van der Waals surface area contributed by atoms with Crippen LogP contribution in [0.15, 0.2) is 29.2 Å². The Kier molecular flexibility index (Phi) is 7.15. The molecule has 1 aliphatic heterocycles. The summed E-state index contributed by atoms with van der Waals surface area (Å²) in [7, 11) is -6.58. The highest BCUT2D eigenvalue weighted by Crippen LogP contribution is 2.38. The lowest BCUT2D eigenvalue weighted by atomic mass is 9.95. The number of carbonyl (C=O) groups is 2. The molecule has 2 rings (SSSR count). The topological polar surface area (TPSA) is 90.0 Å². The summed E-state index contributed by atoms with van der Waals surface area (Å²) in [6.07, 6.45) is -2.79. The summed E-state index contributed by atoms with van der Waals surface area (Å²) in [5, 5.41) is -0.130. The van der Waals surface area contributed by atoms with Gasteiger partial charge in [0.25, 0.3) is 10.0 Å². The van der Waals surface area contributed by atoms with Crippen LogP contribution in [0.25, 0.3) is 0 Å². The Labute approximate surface area is 187 Å². The van der Waals surface area contributed by atoms with Crippen LogP contribution in [0.4, 0.5) is 4.79 Å². The number of hydrogen-bond acceptors (Lipinski definition) is 6. The Morgan fingerprint density at radius 1 is 1.13 bits per heavy atom. The van der Waals surface area contributed by atoms with E-state index < -0.39 is 48.5 Å². The number of ketones is 1. The Balaban J connectivity index is 2.47. The molecule has 0 N–H and O–H groups in total. The molecular formula is C22H35NO6SSi. The first-order valence-electron chi connectivity index (χ1n) is 10.5. The molecule has 1 heterocycles. The number of rotatable bonds is 7.